The van der Waals surface area contributed by atoms with E-state index >= 15 is 0 Å². The van der Waals surface area contributed by atoms with E-state index in [1.807, 2.05) is 0 Å². The molecule has 0 bridgehead atoms. The van der Waals surface area contributed by atoms with Gasteiger partial charge in [-0.25, -0.2) is 0 Å². The minimum Gasteiger partial charge on any atom is -0.298 e. The predicted molar refractivity (Wildman–Crippen MR) is 77.9 cm³/mol. The number of hydrogen-bond acceptors (Lipinski definition) is 3. The van der Waals surface area contributed by atoms with E-state index in [1.54, 1.807) is 6.92 Å². The van der Waals surface area contributed by atoms with Crippen LogP contribution in [0.4, 0.5) is 5.69 Å². The van der Waals surface area contributed by atoms with E-state index in [2.05, 4.69) is 17.2 Å². The summed E-state index contributed by atoms with van der Waals surface area (Å²) in [6.07, 6.45) is 9.85. The summed E-state index contributed by atoms with van der Waals surface area (Å²) in [6, 6.07) is 0. The molecule has 0 radical (unpaired) electrons. The Morgan fingerprint density at radius 2 is 1.63 bits per heavy atom. The fourth-order valence-electron chi connectivity index (χ4n) is 2.26. The normalized spacial score (nSPS) is 10.8. The van der Waals surface area contributed by atoms with Crippen molar-refractivity contribution in [2.45, 2.75) is 71.8 Å². The largest absolute Gasteiger partial charge is 0.298 e. The number of nitroso groups, excluding NO2 is 1. The maximum Gasteiger partial charge on any atom is 0.296 e. The molecule has 108 valence electrons. The molecular formula is C14H25N3O2. The summed E-state index contributed by atoms with van der Waals surface area (Å²) in [5.41, 5.74) is 0.273. The number of rotatable bonds is 10. The standard InChI is InChI=1S/C14H25N3O2/c1-3-4-5-6-7-8-9-10-11-17-14(18)13(16-19)12(2)15-17/h15H,3-11H2,1-2H3. The lowest BCUT2D eigenvalue weighted by molar-refractivity contribution is 0.511. The lowest BCUT2D eigenvalue weighted by Crippen LogP contribution is -2.16. The van der Waals surface area contributed by atoms with Crippen LogP contribution < -0.4 is 5.56 Å². The molecule has 0 unspecified atom stereocenters. The van der Waals surface area contributed by atoms with Gasteiger partial charge in [0.1, 0.15) is 0 Å². The van der Waals surface area contributed by atoms with Crippen LogP contribution in [-0.2, 0) is 6.54 Å². The Morgan fingerprint density at radius 3 is 2.16 bits per heavy atom. The highest BCUT2D eigenvalue weighted by atomic mass is 16.3. The monoisotopic (exact) mass is 267 g/mol. The predicted octanol–water partition coefficient (Wildman–Crippen LogP) is 4.02. The first-order valence-electron chi connectivity index (χ1n) is 7.33. The van der Waals surface area contributed by atoms with Gasteiger partial charge in [-0.15, -0.1) is 4.91 Å². The van der Waals surface area contributed by atoms with Crippen LogP contribution in [0.2, 0.25) is 0 Å². The van der Waals surface area contributed by atoms with Crippen LogP contribution in [-0.4, -0.2) is 9.78 Å². The number of aromatic nitrogens is 2. The summed E-state index contributed by atoms with van der Waals surface area (Å²) in [6.45, 7) is 4.56. The first-order chi connectivity index (χ1) is 9.20. The van der Waals surface area contributed by atoms with Crippen molar-refractivity contribution < 1.29 is 0 Å². The number of nitrogens with zero attached hydrogens (tertiary/aromatic N) is 2. The smallest absolute Gasteiger partial charge is 0.296 e. The third-order valence-electron chi connectivity index (χ3n) is 3.43. The van der Waals surface area contributed by atoms with E-state index in [9.17, 15) is 9.70 Å². The van der Waals surface area contributed by atoms with Crippen LogP contribution in [0.25, 0.3) is 0 Å². The Hall–Kier alpha value is -1.39. The average molecular weight is 267 g/mol. The molecule has 0 saturated heterocycles. The molecule has 0 aromatic carbocycles. The fraction of sp³-hybridized carbons (Fsp3) is 0.786. The van der Waals surface area contributed by atoms with E-state index < -0.39 is 0 Å². The molecule has 1 N–H and O–H groups in total. The molecule has 0 spiro atoms. The van der Waals surface area contributed by atoms with E-state index in [0.717, 1.165) is 12.8 Å². The molecule has 0 fully saturated rings. The zero-order valence-electron chi connectivity index (χ0n) is 12.1. The molecule has 1 rings (SSSR count). The highest BCUT2D eigenvalue weighted by molar-refractivity contribution is 5.38. The van der Waals surface area contributed by atoms with Crippen molar-refractivity contribution >= 4 is 5.69 Å². The molecule has 1 heterocycles. The van der Waals surface area contributed by atoms with Gasteiger partial charge in [0.25, 0.3) is 5.56 Å². The van der Waals surface area contributed by atoms with Crippen LogP contribution >= 0.6 is 0 Å². The Kier molecular flexibility index (Phi) is 7.15. The number of aromatic amines is 1. The van der Waals surface area contributed by atoms with Gasteiger partial charge < -0.3 is 0 Å². The summed E-state index contributed by atoms with van der Waals surface area (Å²) in [5, 5.41) is 5.65. The number of nitrogens with one attached hydrogen (secondary N) is 1. The van der Waals surface area contributed by atoms with Crippen molar-refractivity contribution in [1.82, 2.24) is 9.78 Å². The van der Waals surface area contributed by atoms with E-state index in [-0.39, 0.29) is 11.2 Å². The number of H-pyrrole nitrogens is 1. The number of unbranched alkanes of at least 4 members (excludes halogenated alkanes) is 7. The molecule has 0 aliphatic carbocycles. The van der Waals surface area contributed by atoms with Gasteiger partial charge >= 0.3 is 0 Å². The van der Waals surface area contributed by atoms with Gasteiger partial charge in [0.05, 0.1) is 5.69 Å². The van der Waals surface area contributed by atoms with Crippen molar-refractivity contribution in [3.05, 3.63) is 21.0 Å². The summed E-state index contributed by atoms with van der Waals surface area (Å²) >= 11 is 0. The molecule has 5 nitrogen and oxygen atoms in total. The molecule has 0 aliphatic heterocycles. The molecule has 0 saturated carbocycles. The quantitative estimate of drug-likeness (QED) is 0.514. The molecule has 0 amide bonds. The van der Waals surface area contributed by atoms with Crippen LogP contribution in [0.15, 0.2) is 9.97 Å². The zero-order chi connectivity index (χ0) is 14.1. The Balaban J connectivity index is 2.20. The van der Waals surface area contributed by atoms with Gasteiger partial charge in [0, 0.05) is 6.54 Å². The second kappa shape index (κ2) is 8.67. The Labute approximate surface area is 114 Å². The van der Waals surface area contributed by atoms with Crippen molar-refractivity contribution in [1.29, 1.82) is 0 Å². The Bertz CT molecular complexity index is 434. The van der Waals surface area contributed by atoms with Crippen LogP contribution in [0.3, 0.4) is 0 Å². The highest BCUT2D eigenvalue weighted by Gasteiger charge is 2.10. The van der Waals surface area contributed by atoms with Gasteiger partial charge in [-0.2, -0.15) is 0 Å². The third-order valence-corrected chi connectivity index (χ3v) is 3.43. The minimum absolute atomic E-state index is 0.0135. The van der Waals surface area contributed by atoms with Crippen LogP contribution in [0, 0.1) is 11.8 Å². The van der Waals surface area contributed by atoms with Crippen molar-refractivity contribution in [2.75, 3.05) is 0 Å². The highest BCUT2D eigenvalue weighted by Crippen LogP contribution is 2.11. The van der Waals surface area contributed by atoms with Gasteiger partial charge in [-0.3, -0.25) is 14.6 Å². The van der Waals surface area contributed by atoms with Gasteiger partial charge in [-0.1, -0.05) is 51.9 Å². The SMILES string of the molecule is CCCCCCCCCCn1[nH]c(C)c(N=O)c1=O. The second-order valence-electron chi connectivity index (χ2n) is 5.11. The van der Waals surface area contributed by atoms with Crippen molar-refractivity contribution in [3.63, 3.8) is 0 Å². The molecule has 5 heteroatoms. The van der Waals surface area contributed by atoms with Gasteiger partial charge in [0.2, 0.25) is 0 Å². The molecular weight excluding hydrogens is 242 g/mol. The lowest BCUT2D eigenvalue weighted by Gasteiger charge is -2.02. The summed E-state index contributed by atoms with van der Waals surface area (Å²) < 4.78 is 1.49. The van der Waals surface area contributed by atoms with Crippen LogP contribution in [0.5, 0.6) is 0 Å². The van der Waals surface area contributed by atoms with E-state index in [0.29, 0.717) is 12.2 Å². The van der Waals surface area contributed by atoms with Gasteiger partial charge in [-0.05, 0) is 18.5 Å². The van der Waals surface area contributed by atoms with Crippen LogP contribution in [0.1, 0.15) is 64.0 Å². The number of aryl methyl sites for hydroxylation is 2. The number of hydrogen-bond donors (Lipinski definition) is 1. The summed E-state index contributed by atoms with van der Waals surface area (Å²) in [4.78, 5) is 22.2. The zero-order valence-corrected chi connectivity index (χ0v) is 12.1. The van der Waals surface area contributed by atoms with Crippen molar-refractivity contribution in [2.24, 2.45) is 5.18 Å². The maximum absolute atomic E-state index is 11.7. The van der Waals surface area contributed by atoms with Gasteiger partial charge in [0.15, 0.2) is 5.69 Å². The topological polar surface area (TPSA) is 67.2 Å². The summed E-state index contributed by atoms with van der Waals surface area (Å²) in [5.74, 6) is 0. The maximum atomic E-state index is 11.7. The lowest BCUT2D eigenvalue weighted by atomic mass is 10.1. The molecule has 1 aromatic heterocycles. The van der Waals surface area contributed by atoms with E-state index in [4.69, 9.17) is 0 Å². The van der Waals surface area contributed by atoms with Crippen molar-refractivity contribution in [3.8, 4) is 0 Å². The first kappa shape index (κ1) is 15.7. The molecule has 19 heavy (non-hydrogen) atoms. The van der Waals surface area contributed by atoms with E-state index in [1.165, 1.54) is 43.2 Å². The molecule has 1 aromatic rings. The second-order valence-corrected chi connectivity index (χ2v) is 5.11. The summed E-state index contributed by atoms with van der Waals surface area (Å²) in [7, 11) is 0. The minimum atomic E-state index is -0.296. The average Bonchev–Trinajstić information content (AvgIpc) is 2.67. The Morgan fingerprint density at radius 1 is 1.05 bits per heavy atom. The fourth-order valence-corrected chi connectivity index (χ4v) is 2.26. The first-order valence-corrected chi connectivity index (χ1v) is 7.33. The third kappa shape index (κ3) is 5.01. The molecule has 0 aliphatic rings. The molecule has 0 atom stereocenters.